The van der Waals surface area contributed by atoms with Gasteiger partial charge in [0.05, 0.1) is 39.2 Å². The minimum Gasteiger partial charge on any atom is -0.459 e. The minimum atomic E-state index is -1.01. The highest BCUT2D eigenvalue weighted by molar-refractivity contribution is 8.26. The van der Waals surface area contributed by atoms with Gasteiger partial charge in [0.2, 0.25) is 0 Å². The summed E-state index contributed by atoms with van der Waals surface area (Å²) in [6.07, 6.45) is 2.98. The van der Waals surface area contributed by atoms with E-state index in [4.69, 9.17) is 18.9 Å². The molecule has 2 amide bonds. The second-order valence-corrected chi connectivity index (χ2v) is 17.5. The molecule has 13 nitrogen and oxygen atoms in total. The maximum absolute atomic E-state index is 14.1. The highest BCUT2D eigenvalue weighted by Gasteiger charge is 2.46. The van der Waals surface area contributed by atoms with E-state index in [1.807, 2.05) is 19.9 Å². The number of hydrazine groups is 1. The average Bonchev–Trinajstić information content (AvgIpc) is 3.93. The molecule has 0 unspecified atom stereocenters. The number of ether oxygens (including phenoxy) is 4. The third-order valence-corrected chi connectivity index (χ3v) is 13.9. The number of nitrogens with zero attached hydrogens (tertiary/aromatic N) is 3. The van der Waals surface area contributed by atoms with Crippen LogP contribution in [0, 0.1) is 11.3 Å². The van der Waals surface area contributed by atoms with Gasteiger partial charge in [-0.25, -0.2) is 29.2 Å². The van der Waals surface area contributed by atoms with E-state index in [0.29, 0.717) is 40.0 Å². The smallest absolute Gasteiger partial charge is 0.350 e. The predicted molar refractivity (Wildman–Crippen MR) is 222 cm³/mol. The SMILES string of the molecule is C=C(C)C(=O)OCCOC(=O)C(C#N)=C1Sc2c(OC(=O)c3ccccc3)c3c(c(OC(=O)c4ccccc4)c2S1)SC(=C1C(=O)N(CCCC)N(CCCC)C1=O)S3. The topological polar surface area (TPSA) is 170 Å². The van der Waals surface area contributed by atoms with E-state index in [2.05, 4.69) is 6.58 Å². The van der Waals surface area contributed by atoms with E-state index < -0.39 is 41.3 Å². The lowest BCUT2D eigenvalue weighted by Gasteiger charge is -2.27. The van der Waals surface area contributed by atoms with Gasteiger partial charge in [0, 0.05) is 18.7 Å². The Morgan fingerprint density at radius 1 is 0.678 bits per heavy atom. The Bertz CT molecular complexity index is 2220. The molecule has 0 radical (unpaired) electrons. The standard InChI is InChI=1S/C42H37N3O10S4/c1-5-7-19-44-35(46)28(36(47)45(44)20-8-6-2)42-58-33-29(54-38(49)25-15-11-9-12-16-25)31-32(30(34(33)59-42)55-39(50)26-17-13-10-14-18-26)57-41(56-31)27(23-43)40(51)53-22-21-52-37(48)24(3)4/h9-18H,3,5-8,19-22H2,1-2,4H3. The van der Waals surface area contributed by atoms with Crippen LogP contribution >= 0.6 is 47.0 Å². The lowest BCUT2D eigenvalue weighted by atomic mass is 10.2. The van der Waals surface area contributed by atoms with Crippen LogP contribution in [0.25, 0.3) is 0 Å². The van der Waals surface area contributed by atoms with E-state index in [1.165, 1.54) is 16.9 Å². The normalized spacial score (nSPS) is 14.2. The molecule has 3 aliphatic heterocycles. The molecule has 3 heterocycles. The molecule has 3 aliphatic rings. The fraction of sp³-hybridized carbons (Fsp3) is 0.262. The number of carbonyl (C=O) groups is 6. The number of rotatable bonds is 15. The minimum absolute atomic E-state index is 0.0184. The van der Waals surface area contributed by atoms with Gasteiger partial charge in [0.25, 0.3) is 11.8 Å². The van der Waals surface area contributed by atoms with Gasteiger partial charge in [0.1, 0.15) is 24.9 Å². The quantitative estimate of drug-likeness (QED) is 0.0357. The summed E-state index contributed by atoms with van der Waals surface area (Å²) in [4.78, 5) is 81.8. The number of fused-ring (bicyclic) bond motifs is 2. The van der Waals surface area contributed by atoms with Crippen LogP contribution in [0.3, 0.4) is 0 Å². The number of esters is 4. The Balaban J connectivity index is 1.47. The number of thioether (sulfide) groups is 4. The second kappa shape index (κ2) is 19.6. The maximum Gasteiger partial charge on any atom is 0.350 e. The molecule has 0 bridgehead atoms. The zero-order chi connectivity index (χ0) is 42.2. The molecule has 0 spiro atoms. The Hall–Kier alpha value is -5.41. The predicted octanol–water partition coefficient (Wildman–Crippen LogP) is 8.32. The number of unbranched alkanes of at least 4 members (excludes halogenated alkanes) is 2. The molecule has 0 aliphatic carbocycles. The lowest BCUT2D eigenvalue weighted by Crippen LogP contribution is -2.42. The summed E-state index contributed by atoms with van der Waals surface area (Å²) in [7, 11) is 0. The largest absolute Gasteiger partial charge is 0.459 e. The van der Waals surface area contributed by atoms with E-state index >= 15 is 0 Å². The third-order valence-electron chi connectivity index (χ3n) is 8.68. The summed E-state index contributed by atoms with van der Waals surface area (Å²) < 4.78 is 23.0. The maximum atomic E-state index is 14.1. The van der Waals surface area contributed by atoms with Gasteiger partial charge < -0.3 is 18.9 Å². The molecule has 0 atom stereocenters. The van der Waals surface area contributed by atoms with Crippen LogP contribution in [0.1, 0.15) is 67.2 Å². The molecule has 0 N–H and O–H groups in total. The van der Waals surface area contributed by atoms with E-state index in [9.17, 15) is 34.0 Å². The van der Waals surface area contributed by atoms with Crippen molar-refractivity contribution in [1.82, 2.24) is 10.0 Å². The third kappa shape index (κ3) is 9.41. The molecular formula is C42H37N3O10S4. The number of hydrogen-bond acceptors (Lipinski definition) is 15. The molecule has 304 valence electrons. The van der Waals surface area contributed by atoms with Gasteiger partial charge in [-0.1, -0.05) is 117 Å². The van der Waals surface area contributed by atoms with Crippen molar-refractivity contribution in [3.63, 3.8) is 0 Å². The summed E-state index contributed by atoms with van der Waals surface area (Å²) >= 11 is 3.93. The van der Waals surface area contributed by atoms with E-state index in [0.717, 1.165) is 59.9 Å². The van der Waals surface area contributed by atoms with Crippen molar-refractivity contribution in [1.29, 1.82) is 5.26 Å². The van der Waals surface area contributed by atoms with Crippen molar-refractivity contribution in [2.75, 3.05) is 26.3 Å². The first-order valence-electron chi connectivity index (χ1n) is 18.5. The van der Waals surface area contributed by atoms with Crippen LogP contribution < -0.4 is 9.47 Å². The Kier molecular flexibility index (Phi) is 14.3. The Morgan fingerprint density at radius 2 is 1.10 bits per heavy atom. The van der Waals surface area contributed by atoms with Crippen molar-refractivity contribution in [3.8, 4) is 17.6 Å². The van der Waals surface area contributed by atoms with Crippen LogP contribution in [-0.2, 0) is 28.7 Å². The highest BCUT2D eigenvalue weighted by atomic mass is 32.2. The van der Waals surface area contributed by atoms with Crippen LogP contribution in [0.15, 0.2) is 112 Å². The molecule has 17 heteroatoms. The Morgan fingerprint density at radius 3 is 1.51 bits per heavy atom. The molecule has 3 aromatic carbocycles. The number of amides is 2. The van der Waals surface area contributed by atoms with Crippen molar-refractivity contribution < 1.29 is 47.7 Å². The fourth-order valence-electron chi connectivity index (χ4n) is 5.69. The van der Waals surface area contributed by atoms with E-state index in [-0.39, 0.29) is 61.0 Å². The summed E-state index contributed by atoms with van der Waals surface area (Å²) in [5.74, 6) is -4.01. The van der Waals surface area contributed by atoms with Crippen LogP contribution in [0.4, 0.5) is 0 Å². The van der Waals surface area contributed by atoms with Crippen LogP contribution in [0.2, 0.25) is 0 Å². The number of hydrogen-bond donors (Lipinski definition) is 0. The second-order valence-electron chi connectivity index (χ2n) is 12.9. The van der Waals surface area contributed by atoms with Gasteiger partial charge >= 0.3 is 23.9 Å². The summed E-state index contributed by atoms with van der Waals surface area (Å²) in [6, 6.07) is 18.4. The van der Waals surface area contributed by atoms with Gasteiger partial charge in [-0.3, -0.25) is 9.59 Å². The fourth-order valence-corrected chi connectivity index (χ4v) is 11.1. The van der Waals surface area contributed by atoms with E-state index in [1.54, 1.807) is 60.7 Å². The van der Waals surface area contributed by atoms with Crippen molar-refractivity contribution >= 4 is 82.7 Å². The Labute approximate surface area is 357 Å². The van der Waals surface area contributed by atoms with Crippen molar-refractivity contribution in [2.45, 2.75) is 66.0 Å². The van der Waals surface area contributed by atoms with Crippen LogP contribution in [-0.4, -0.2) is 72.0 Å². The molecule has 59 heavy (non-hydrogen) atoms. The van der Waals surface area contributed by atoms with Gasteiger partial charge in [0.15, 0.2) is 17.1 Å². The number of benzene rings is 3. The highest BCUT2D eigenvalue weighted by Crippen LogP contribution is 2.68. The van der Waals surface area contributed by atoms with Gasteiger partial charge in [-0.05, 0) is 44.0 Å². The summed E-state index contributed by atoms with van der Waals surface area (Å²) in [6.45, 7) is 9.05. The van der Waals surface area contributed by atoms with Gasteiger partial charge in [-0.2, -0.15) is 5.26 Å². The van der Waals surface area contributed by atoms with Crippen molar-refractivity contribution in [3.05, 3.63) is 104 Å². The molecule has 0 saturated carbocycles. The monoisotopic (exact) mass is 871 g/mol. The molecule has 3 aromatic rings. The lowest BCUT2D eigenvalue weighted by molar-refractivity contribution is -0.147. The van der Waals surface area contributed by atoms with Crippen LogP contribution in [0.5, 0.6) is 11.5 Å². The zero-order valence-corrected chi connectivity index (χ0v) is 35.5. The molecule has 0 aromatic heterocycles. The first-order valence-corrected chi connectivity index (χ1v) is 21.8. The molecule has 1 fully saturated rings. The molecular weight excluding hydrogens is 835 g/mol. The first-order chi connectivity index (χ1) is 28.5. The van der Waals surface area contributed by atoms with Gasteiger partial charge in [-0.15, -0.1) is 0 Å². The zero-order valence-electron chi connectivity index (χ0n) is 32.2. The summed E-state index contributed by atoms with van der Waals surface area (Å²) in [5, 5.41) is 13.2. The summed E-state index contributed by atoms with van der Waals surface area (Å²) in [5.41, 5.74) is 0.170. The average molecular weight is 872 g/mol. The van der Waals surface area contributed by atoms with Crippen molar-refractivity contribution in [2.24, 2.45) is 0 Å². The first kappa shape index (κ1) is 43.2. The number of carbonyl (C=O) groups excluding carboxylic acids is 6. The molecule has 1 saturated heterocycles. The molecule has 6 rings (SSSR count). The number of nitriles is 1.